The quantitative estimate of drug-likeness (QED) is 0.543. The normalized spacial score (nSPS) is 18.1. The van der Waals surface area contributed by atoms with Crippen molar-refractivity contribution in [3.8, 4) is 0 Å². The molecule has 1 saturated carbocycles. The number of benzene rings is 2. The van der Waals surface area contributed by atoms with Crippen LogP contribution in [0, 0.1) is 0 Å². The van der Waals surface area contributed by atoms with Crippen LogP contribution in [0.15, 0.2) is 41.4 Å². The molecule has 1 spiro atoms. The highest BCUT2D eigenvalue weighted by Crippen LogP contribution is 2.57. The van der Waals surface area contributed by atoms with Crippen molar-refractivity contribution in [2.24, 2.45) is 10.7 Å². The molecule has 4 rings (SSSR count). The molecule has 0 saturated heterocycles. The largest absolute Gasteiger partial charge is 0.387 e. The Bertz CT molecular complexity index is 814. The fourth-order valence-corrected chi connectivity index (χ4v) is 4.97. The summed E-state index contributed by atoms with van der Waals surface area (Å²) in [5.74, 6) is 0.664. The Kier molecular flexibility index (Phi) is 4.62. The molecule has 5 heteroatoms. The van der Waals surface area contributed by atoms with Crippen molar-refractivity contribution in [3.05, 3.63) is 57.6 Å². The number of hydrogen-bond acceptors (Lipinski definition) is 2. The van der Waals surface area contributed by atoms with Crippen LogP contribution < -0.4 is 10.6 Å². The lowest BCUT2D eigenvalue weighted by atomic mass is 9.69. The minimum Gasteiger partial charge on any atom is -0.387 e. The predicted molar refractivity (Wildman–Crippen MR) is 111 cm³/mol. The van der Waals surface area contributed by atoms with Crippen molar-refractivity contribution in [1.29, 1.82) is 0 Å². The van der Waals surface area contributed by atoms with Gasteiger partial charge < -0.3 is 10.6 Å². The second-order valence-corrected chi connectivity index (χ2v) is 8.10. The van der Waals surface area contributed by atoms with Gasteiger partial charge in [-0.3, -0.25) is 4.99 Å². The molecule has 2 N–H and O–H groups in total. The summed E-state index contributed by atoms with van der Waals surface area (Å²) < 4.78 is 0. The lowest BCUT2D eigenvalue weighted by Gasteiger charge is -2.44. The van der Waals surface area contributed by atoms with Crippen LogP contribution in [0.25, 0.3) is 0 Å². The number of aliphatic imine (C=N–C) groups is 1. The summed E-state index contributed by atoms with van der Waals surface area (Å²) in [6.07, 6.45) is 5.45. The van der Waals surface area contributed by atoms with Gasteiger partial charge in [-0.25, -0.2) is 0 Å². The van der Waals surface area contributed by atoms with Crippen LogP contribution in [-0.4, -0.2) is 19.4 Å². The molecule has 2 aromatic carbocycles. The molecule has 1 heterocycles. The molecule has 0 bridgehead atoms. The van der Waals surface area contributed by atoms with Gasteiger partial charge in [0, 0.05) is 46.8 Å². The van der Waals surface area contributed by atoms with E-state index in [4.69, 9.17) is 28.9 Å². The molecular formula is C21H23Cl2N3. The highest BCUT2D eigenvalue weighted by molar-refractivity contribution is 6.31. The van der Waals surface area contributed by atoms with E-state index >= 15 is 0 Å². The first-order valence-corrected chi connectivity index (χ1v) is 9.89. The molecule has 0 aromatic heterocycles. The molecule has 1 fully saturated rings. The van der Waals surface area contributed by atoms with Crippen molar-refractivity contribution in [1.82, 2.24) is 0 Å². The standard InChI is InChI=1S/C21H23Cl2N3/c1-25-20(24)8-11-26-18-6-4-14(22)12-16(18)21(9-2-3-10-21)17-13-15(23)5-7-19(17)26/h4-7,12-13H,2-3,8-11H2,1H3,(H2,24,25). The van der Waals surface area contributed by atoms with Gasteiger partial charge in [-0.2, -0.15) is 0 Å². The van der Waals surface area contributed by atoms with E-state index in [0.29, 0.717) is 12.3 Å². The van der Waals surface area contributed by atoms with Gasteiger partial charge in [0.1, 0.15) is 0 Å². The van der Waals surface area contributed by atoms with Gasteiger partial charge in [0.05, 0.1) is 5.84 Å². The number of amidine groups is 1. The number of nitrogens with zero attached hydrogens (tertiary/aromatic N) is 2. The number of hydrogen-bond donors (Lipinski definition) is 1. The smallest absolute Gasteiger partial charge is 0.0951 e. The third-order valence-electron chi connectivity index (χ3n) is 5.87. The summed E-state index contributed by atoms with van der Waals surface area (Å²) >= 11 is 12.8. The Hall–Kier alpha value is -1.71. The molecule has 26 heavy (non-hydrogen) atoms. The van der Waals surface area contributed by atoms with E-state index in [-0.39, 0.29) is 5.41 Å². The van der Waals surface area contributed by atoms with Crippen LogP contribution >= 0.6 is 23.2 Å². The van der Waals surface area contributed by atoms with Crippen molar-refractivity contribution >= 4 is 40.4 Å². The summed E-state index contributed by atoms with van der Waals surface area (Å²) in [5, 5.41) is 1.57. The average molecular weight is 388 g/mol. The zero-order valence-electron chi connectivity index (χ0n) is 14.9. The van der Waals surface area contributed by atoms with Crippen molar-refractivity contribution in [3.63, 3.8) is 0 Å². The second kappa shape index (κ2) is 6.79. The zero-order valence-corrected chi connectivity index (χ0v) is 16.4. The highest BCUT2D eigenvalue weighted by atomic mass is 35.5. The Morgan fingerprint density at radius 2 is 1.58 bits per heavy atom. The maximum absolute atomic E-state index is 6.41. The van der Waals surface area contributed by atoms with Gasteiger partial charge >= 0.3 is 0 Å². The number of nitrogens with two attached hydrogens (primary N) is 1. The number of fused-ring (bicyclic) bond motifs is 4. The Morgan fingerprint density at radius 1 is 1.04 bits per heavy atom. The van der Waals surface area contributed by atoms with E-state index in [9.17, 15) is 0 Å². The molecule has 3 nitrogen and oxygen atoms in total. The maximum atomic E-state index is 6.41. The lowest BCUT2D eigenvalue weighted by Crippen LogP contribution is -2.36. The van der Waals surface area contributed by atoms with E-state index in [0.717, 1.165) is 29.4 Å². The number of anilines is 2. The molecule has 1 aliphatic carbocycles. The van der Waals surface area contributed by atoms with E-state index in [1.807, 2.05) is 12.1 Å². The molecule has 2 aliphatic rings. The predicted octanol–water partition coefficient (Wildman–Crippen LogP) is 5.68. The summed E-state index contributed by atoms with van der Waals surface area (Å²) in [6, 6.07) is 12.6. The molecule has 136 valence electrons. The fourth-order valence-electron chi connectivity index (χ4n) is 4.63. The minimum atomic E-state index is 0.0152. The van der Waals surface area contributed by atoms with Crippen molar-refractivity contribution < 1.29 is 0 Å². The summed E-state index contributed by atoms with van der Waals surface area (Å²) in [4.78, 5) is 6.46. The van der Waals surface area contributed by atoms with Crippen molar-refractivity contribution in [2.75, 3.05) is 18.5 Å². The van der Waals surface area contributed by atoms with Crippen LogP contribution in [-0.2, 0) is 5.41 Å². The first kappa shape index (κ1) is 17.7. The molecular weight excluding hydrogens is 365 g/mol. The Morgan fingerprint density at radius 3 is 2.08 bits per heavy atom. The first-order chi connectivity index (χ1) is 12.5. The maximum Gasteiger partial charge on any atom is 0.0951 e. The van der Waals surface area contributed by atoms with Crippen LogP contribution in [0.5, 0.6) is 0 Å². The summed E-state index contributed by atoms with van der Waals surface area (Å²) in [7, 11) is 1.74. The monoisotopic (exact) mass is 387 g/mol. The van der Waals surface area contributed by atoms with Gasteiger partial charge in [0.15, 0.2) is 0 Å². The van der Waals surface area contributed by atoms with E-state index in [1.165, 1.54) is 35.3 Å². The fraction of sp³-hybridized carbons (Fsp3) is 0.381. The lowest BCUT2D eigenvalue weighted by molar-refractivity contribution is 0.526. The van der Waals surface area contributed by atoms with E-state index < -0.39 is 0 Å². The van der Waals surface area contributed by atoms with Gasteiger partial charge in [-0.15, -0.1) is 0 Å². The molecule has 0 amide bonds. The average Bonchev–Trinajstić information content (AvgIpc) is 3.13. The minimum absolute atomic E-state index is 0.0152. The van der Waals surface area contributed by atoms with Crippen LogP contribution in [0.2, 0.25) is 10.0 Å². The van der Waals surface area contributed by atoms with E-state index in [2.05, 4.69) is 34.2 Å². The van der Waals surface area contributed by atoms with E-state index in [1.54, 1.807) is 7.05 Å². The van der Waals surface area contributed by atoms with Crippen LogP contribution in [0.4, 0.5) is 11.4 Å². The molecule has 2 aromatic rings. The zero-order chi connectivity index (χ0) is 18.3. The molecule has 0 atom stereocenters. The third-order valence-corrected chi connectivity index (χ3v) is 6.34. The number of rotatable bonds is 3. The topological polar surface area (TPSA) is 41.6 Å². The summed E-state index contributed by atoms with van der Waals surface area (Å²) in [5.41, 5.74) is 11.1. The van der Waals surface area contributed by atoms with Crippen LogP contribution in [0.1, 0.15) is 43.2 Å². The highest BCUT2D eigenvalue weighted by Gasteiger charge is 2.45. The molecule has 1 aliphatic heterocycles. The third kappa shape index (κ3) is 2.78. The number of halogens is 2. The summed E-state index contributed by atoms with van der Waals surface area (Å²) in [6.45, 7) is 0.780. The SMILES string of the molecule is CN=C(N)CCN1c2ccc(Cl)cc2C2(CCCC2)c2cc(Cl)ccc21. The van der Waals surface area contributed by atoms with Gasteiger partial charge in [0.2, 0.25) is 0 Å². The van der Waals surface area contributed by atoms with Gasteiger partial charge in [0.25, 0.3) is 0 Å². The van der Waals surface area contributed by atoms with Crippen molar-refractivity contribution in [2.45, 2.75) is 37.5 Å². The molecule has 0 unspecified atom stereocenters. The first-order valence-electron chi connectivity index (χ1n) is 9.14. The van der Waals surface area contributed by atoms with Gasteiger partial charge in [-0.05, 0) is 60.4 Å². The molecule has 0 radical (unpaired) electrons. The van der Waals surface area contributed by atoms with Gasteiger partial charge in [-0.1, -0.05) is 36.0 Å². The Labute approximate surface area is 164 Å². The van der Waals surface area contributed by atoms with Crippen LogP contribution in [0.3, 0.4) is 0 Å². The Balaban J connectivity index is 1.91. The second-order valence-electron chi connectivity index (χ2n) is 7.23.